The molecule has 0 aliphatic heterocycles. The van der Waals surface area contributed by atoms with Crippen molar-refractivity contribution in [1.82, 2.24) is 0 Å². The Morgan fingerprint density at radius 1 is 1.20 bits per heavy atom. The minimum atomic E-state index is -0.635. The van der Waals surface area contributed by atoms with E-state index in [0.717, 1.165) is 5.56 Å². The van der Waals surface area contributed by atoms with Gasteiger partial charge in [-0.2, -0.15) is 0 Å². The fraction of sp³-hybridized carbons (Fsp3) is 0.417. The van der Waals surface area contributed by atoms with E-state index in [-0.39, 0.29) is 5.60 Å². The van der Waals surface area contributed by atoms with Gasteiger partial charge in [0.25, 0.3) is 6.47 Å². The quantitative estimate of drug-likeness (QED) is 0.563. The molecule has 1 rings (SSSR count). The summed E-state index contributed by atoms with van der Waals surface area (Å²) in [5, 5.41) is 0. The summed E-state index contributed by atoms with van der Waals surface area (Å²) in [6.07, 6.45) is -0.635. The van der Waals surface area contributed by atoms with E-state index in [1.54, 1.807) is 0 Å². The highest BCUT2D eigenvalue weighted by Gasteiger charge is 2.20. The molecule has 0 N–H and O–H groups in total. The number of rotatable bonds is 4. The molecular weight excluding hydrogens is 192 g/mol. The van der Waals surface area contributed by atoms with Crippen molar-refractivity contribution in [3.05, 3.63) is 35.9 Å². The predicted molar refractivity (Wildman–Crippen MR) is 57.2 cm³/mol. The summed E-state index contributed by atoms with van der Waals surface area (Å²) in [6.45, 7) is 6.15. The van der Waals surface area contributed by atoms with E-state index < -0.39 is 6.29 Å². The van der Waals surface area contributed by atoms with Gasteiger partial charge in [-0.15, -0.1) is 0 Å². The molecule has 0 aromatic heterocycles. The fourth-order valence-corrected chi connectivity index (χ4v) is 1.16. The Hall–Kier alpha value is -1.35. The molecule has 0 bridgehead atoms. The maximum Gasteiger partial charge on any atom is 0.295 e. The predicted octanol–water partition coefficient (Wildman–Crippen LogP) is 2.67. The van der Waals surface area contributed by atoms with Gasteiger partial charge in [-0.05, 0) is 20.8 Å². The van der Waals surface area contributed by atoms with Crippen LogP contribution in [0.1, 0.15) is 32.6 Å². The molecule has 0 amide bonds. The minimum absolute atomic E-state index is 0.358. The van der Waals surface area contributed by atoms with Gasteiger partial charge in [0.15, 0.2) is 0 Å². The second-order valence-electron chi connectivity index (χ2n) is 4.21. The molecule has 1 aromatic rings. The van der Waals surface area contributed by atoms with E-state index in [9.17, 15) is 4.79 Å². The van der Waals surface area contributed by atoms with Gasteiger partial charge in [0, 0.05) is 5.56 Å². The van der Waals surface area contributed by atoms with Crippen LogP contribution in [0.3, 0.4) is 0 Å². The molecule has 3 heteroatoms. The second-order valence-corrected chi connectivity index (χ2v) is 4.21. The van der Waals surface area contributed by atoms with Crippen LogP contribution in [0.2, 0.25) is 0 Å². The van der Waals surface area contributed by atoms with Crippen LogP contribution in [-0.2, 0) is 14.3 Å². The molecule has 0 aliphatic rings. The normalized spacial score (nSPS) is 13.3. The lowest BCUT2D eigenvalue weighted by molar-refractivity contribution is -0.194. The maximum absolute atomic E-state index is 10.4. The lowest BCUT2D eigenvalue weighted by Gasteiger charge is -2.26. The third kappa shape index (κ3) is 4.13. The van der Waals surface area contributed by atoms with Crippen molar-refractivity contribution in [3.63, 3.8) is 0 Å². The molecule has 0 fully saturated rings. The van der Waals surface area contributed by atoms with Crippen LogP contribution in [0, 0.1) is 0 Å². The van der Waals surface area contributed by atoms with Crippen LogP contribution >= 0.6 is 0 Å². The lowest BCUT2D eigenvalue weighted by Crippen LogP contribution is -2.24. The summed E-state index contributed by atoms with van der Waals surface area (Å²) >= 11 is 0. The first-order valence-corrected chi connectivity index (χ1v) is 4.85. The second kappa shape index (κ2) is 4.94. The average Bonchev–Trinajstić information content (AvgIpc) is 2.17. The Bertz CT molecular complexity index is 300. The molecule has 0 heterocycles. The van der Waals surface area contributed by atoms with E-state index >= 15 is 0 Å². The molecule has 82 valence electrons. The minimum Gasteiger partial charge on any atom is -0.433 e. The zero-order valence-electron chi connectivity index (χ0n) is 9.27. The molecule has 3 nitrogen and oxygen atoms in total. The molecule has 1 unspecified atom stereocenters. The van der Waals surface area contributed by atoms with E-state index in [4.69, 9.17) is 9.47 Å². The smallest absolute Gasteiger partial charge is 0.295 e. The molecule has 1 aromatic carbocycles. The molecule has 0 saturated heterocycles. The third-order valence-corrected chi connectivity index (χ3v) is 1.71. The molecule has 0 saturated carbocycles. The third-order valence-electron chi connectivity index (χ3n) is 1.71. The molecule has 1 atom stereocenters. The highest BCUT2D eigenvalue weighted by atomic mass is 16.7. The number of hydrogen-bond donors (Lipinski definition) is 0. The van der Waals surface area contributed by atoms with Crippen LogP contribution in [0.4, 0.5) is 0 Å². The van der Waals surface area contributed by atoms with Crippen molar-refractivity contribution >= 4 is 6.47 Å². The van der Waals surface area contributed by atoms with Crippen LogP contribution < -0.4 is 0 Å². The number of benzene rings is 1. The Balaban J connectivity index is 2.79. The Morgan fingerprint density at radius 2 is 1.80 bits per heavy atom. The van der Waals surface area contributed by atoms with Gasteiger partial charge >= 0.3 is 0 Å². The number of carbonyl (C=O) groups is 1. The van der Waals surface area contributed by atoms with Crippen molar-refractivity contribution in [3.8, 4) is 0 Å². The summed E-state index contributed by atoms with van der Waals surface area (Å²) in [5.41, 5.74) is 0.475. The first-order chi connectivity index (χ1) is 7.03. The van der Waals surface area contributed by atoms with Crippen LogP contribution in [0.25, 0.3) is 0 Å². The number of ether oxygens (including phenoxy) is 2. The van der Waals surface area contributed by atoms with Crippen molar-refractivity contribution in [2.45, 2.75) is 32.7 Å². The highest BCUT2D eigenvalue weighted by Crippen LogP contribution is 2.24. The summed E-state index contributed by atoms with van der Waals surface area (Å²) in [6, 6.07) is 9.38. The summed E-state index contributed by atoms with van der Waals surface area (Å²) in [5.74, 6) is 0. The van der Waals surface area contributed by atoms with Gasteiger partial charge in [-0.25, -0.2) is 0 Å². The first kappa shape index (κ1) is 11.7. The number of hydrogen-bond acceptors (Lipinski definition) is 3. The van der Waals surface area contributed by atoms with Crippen molar-refractivity contribution in [2.24, 2.45) is 0 Å². The molecular formula is C12H16O3. The Labute approximate surface area is 90.0 Å². The molecule has 0 radical (unpaired) electrons. The monoisotopic (exact) mass is 208 g/mol. The standard InChI is InChI=1S/C12H16O3/c1-12(2,3)15-11(14-9-13)10-7-5-4-6-8-10/h4-9,11H,1-3H3. The van der Waals surface area contributed by atoms with Crippen LogP contribution in [0.5, 0.6) is 0 Å². The maximum atomic E-state index is 10.4. The molecule has 0 aliphatic carbocycles. The van der Waals surface area contributed by atoms with Gasteiger partial charge in [0.1, 0.15) is 0 Å². The molecule has 15 heavy (non-hydrogen) atoms. The van der Waals surface area contributed by atoms with E-state index in [2.05, 4.69) is 0 Å². The topological polar surface area (TPSA) is 35.5 Å². The van der Waals surface area contributed by atoms with Gasteiger partial charge < -0.3 is 9.47 Å². The molecule has 0 spiro atoms. The zero-order chi connectivity index (χ0) is 11.3. The van der Waals surface area contributed by atoms with Crippen molar-refractivity contribution in [1.29, 1.82) is 0 Å². The van der Waals surface area contributed by atoms with Gasteiger partial charge in [0.05, 0.1) is 5.60 Å². The van der Waals surface area contributed by atoms with E-state index in [0.29, 0.717) is 6.47 Å². The summed E-state index contributed by atoms with van der Waals surface area (Å²) in [7, 11) is 0. The lowest BCUT2D eigenvalue weighted by atomic mass is 10.1. The van der Waals surface area contributed by atoms with E-state index in [1.807, 2.05) is 51.1 Å². The van der Waals surface area contributed by atoms with Crippen LogP contribution in [0.15, 0.2) is 30.3 Å². The van der Waals surface area contributed by atoms with Gasteiger partial charge in [0.2, 0.25) is 6.29 Å². The van der Waals surface area contributed by atoms with Crippen molar-refractivity contribution < 1.29 is 14.3 Å². The Morgan fingerprint density at radius 3 is 2.27 bits per heavy atom. The highest BCUT2D eigenvalue weighted by molar-refractivity contribution is 5.38. The summed E-state index contributed by atoms with van der Waals surface area (Å²) < 4.78 is 10.5. The fourth-order valence-electron chi connectivity index (χ4n) is 1.16. The SMILES string of the molecule is CC(C)(C)OC(OC=O)c1ccccc1. The van der Waals surface area contributed by atoms with Gasteiger partial charge in [-0.1, -0.05) is 30.3 Å². The largest absolute Gasteiger partial charge is 0.433 e. The van der Waals surface area contributed by atoms with Gasteiger partial charge in [-0.3, -0.25) is 4.79 Å². The zero-order valence-corrected chi connectivity index (χ0v) is 9.27. The first-order valence-electron chi connectivity index (χ1n) is 4.85. The summed E-state index contributed by atoms with van der Waals surface area (Å²) in [4.78, 5) is 10.4. The number of carbonyl (C=O) groups excluding carboxylic acids is 1. The van der Waals surface area contributed by atoms with E-state index in [1.165, 1.54) is 0 Å². The van der Waals surface area contributed by atoms with Crippen LogP contribution in [-0.4, -0.2) is 12.1 Å². The average molecular weight is 208 g/mol. The Kier molecular flexibility index (Phi) is 3.86. The van der Waals surface area contributed by atoms with Crippen molar-refractivity contribution in [2.75, 3.05) is 0 Å².